The minimum atomic E-state index is -2.80. The molecule has 12 heteroatoms. The lowest BCUT2D eigenvalue weighted by Crippen LogP contribution is -2.52. The Morgan fingerprint density at radius 2 is 1.92 bits per heavy atom. The summed E-state index contributed by atoms with van der Waals surface area (Å²) in [7, 11) is -1.65. The maximum Gasteiger partial charge on any atom is 0.453 e. The third kappa shape index (κ3) is 7.76. The molecule has 2 heterocycles. The van der Waals surface area contributed by atoms with Crippen LogP contribution in [0.4, 0.5) is 13.6 Å². The first kappa shape index (κ1) is 29.5. The van der Waals surface area contributed by atoms with Gasteiger partial charge in [-0.05, 0) is 45.3 Å². The second-order valence-corrected chi connectivity index (χ2v) is 10.8. The van der Waals surface area contributed by atoms with Crippen molar-refractivity contribution in [2.75, 3.05) is 26.2 Å². The first-order valence-electron chi connectivity index (χ1n) is 12.7. The number of hydrogen-bond donors (Lipinski definition) is 3. The number of carbonyl (C=O) groups excluding carboxylic acids is 2. The van der Waals surface area contributed by atoms with Crippen molar-refractivity contribution in [3.63, 3.8) is 0 Å². The summed E-state index contributed by atoms with van der Waals surface area (Å²) < 4.78 is 33.2. The average molecular weight is 532 g/mol. The molecule has 1 aromatic carbocycles. The van der Waals surface area contributed by atoms with Crippen LogP contribution in [-0.4, -0.2) is 82.2 Å². The quantitative estimate of drug-likeness (QED) is 0.267. The van der Waals surface area contributed by atoms with Crippen molar-refractivity contribution in [2.45, 2.75) is 69.5 Å². The van der Waals surface area contributed by atoms with Crippen LogP contribution in [0.5, 0.6) is 0 Å². The topological polar surface area (TPSA) is 126 Å². The number of nitrogens with zero attached hydrogens (tertiary/aromatic N) is 3. The van der Waals surface area contributed by atoms with Crippen LogP contribution >= 0.6 is 0 Å². The maximum atomic E-state index is 13.7. The number of amides is 2. The highest BCUT2D eigenvalue weighted by molar-refractivity contribution is 6.41. The zero-order valence-electron chi connectivity index (χ0n) is 22.0. The fourth-order valence-corrected chi connectivity index (χ4v) is 5.02. The van der Waals surface area contributed by atoms with Crippen LogP contribution in [0, 0.1) is 11.3 Å². The molecule has 2 aliphatic heterocycles. The van der Waals surface area contributed by atoms with E-state index in [1.807, 2.05) is 6.07 Å². The van der Waals surface area contributed by atoms with Crippen molar-refractivity contribution in [2.24, 2.45) is 0 Å². The predicted molar refractivity (Wildman–Crippen MR) is 137 cm³/mol. The number of alkyl halides is 2. The molecule has 0 aliphatic carbocycles. The summed E-state index contributed by atoms with van der Waals surface area (Å²) >= 11 is 0. The summed E-state index contributed by atoms with van der Waals surface area (Å²) in [5.74, 6) is -3.35. The number of rotatable bonds is 8. The minimum absolute atomic E-state index is 0.0408. The molecule has 0 spiro atoms. The SMILES string of the molecule is CC(C)(C=C(C#N)C(=O)N1CCC[C@](C)(OC(=O)N[C@H](CB(O)O)c2ccccc2)C1)N1CCC(F)(F)C1. The van der Waals surface area contributed by atoms with Crippen molar-refractivity contribution >= 4 is 19.1 Å². The van der Waals surface area contributed by atoms with Gasteiger partial charge in [0.2, 0.25) is 0 Å². The molecule has 2 saturated heterocycles. The molecule has 0 bridgehead atoms. The molecule has 2 amide bonds. The van der Waals surface area contributed by atoms with Crippen molar-refractivity contribution < 1.29 is 33.2 Å². The van der Waals surface area contributed by atoms with Gasteiger partial charge in [0.05, 0.1) is 19.1 Å². The van der Waals surface area contributed by atoms with Crippen molar-refractivity contribution in [3.8, 4) is 6.07 Å². The van der Waals surface area contributed by atoms with Crippen LogP contribution < -0.4 is 5.32 Å². The van der Waals surface area contributed by atoms with E-state index in [0.717, 1.165) is 0 Å². The Bertz CT molecular complexity index is 1080. The Kier molecular flexibility index (Phi) is 9.18. The van der Waals surface area contributed by atoms with Gasteiger partial charge in [0.25, 0.3) is 11.8 Å². The molecule has 9 nitrogen and oxygen atoms in total. The molecular weight excluding hydrogens is 497 g/mol. The summed E-state index contributed by atoms with van der Waals surface area (Å²) in [4.78, 5) is 29.1. The number of likely N-dealkylation sites (tertiary alicyclic amines) is 2. The van der Waals surface area contributed by atoms with Crippen LogP contribution in [0.2, 0.25) is 6.32 Å². The Morgan fingerprint density at radius 1 is 1.24 bits per heavy atom. The van der Waals surface area contributed by atoms with Gasteiger partial charge in [-0.25, -0.2) is 13.6 Å². The van der Waals surface area contributed by atoms with E-state index >= 15 is 0 Å². The second-order valence-electron chi connectivity index (χ2n) is 10.8. The molecule has 0 radical (unpaired) electrons. The van der Waals surface area contributed by atoms with Gasteiger partial charge in [-0.1, -0.05) is 30.3 Å². The number of benzene rings is 1. The normalized spacial score (nSPS) is 22.9. The zero-order valence-corrected chi connectivity index (χ0v) is 22.0. The third-order valence-corrected chi connectivity index (χ3v) is 7.06. The third-order valence-electron chi connectivity index (χ3n) is 7.06. The van der Waals surface area contributed by atoms with Crippen LogP contribution in [0.25, 0.3) is 0 Å². The Labute approximate surface area is 222 Å². The van der Waals surface area contributed by atoms with Gasteiger partial charge in [-0.15, -0.1) is 0 Å². The number of piperidine rings is 1. The zero-order chi connectivity index (χ0) is 28.1. The summed E-state index contributed by atoms with van der Waals surface area (Å²) in [6.07, 6.45) is 1.24. The summed E-state index contributed by atoms with van der Waals surface area (Å²) in [5, 5.41) is 31.3. The van der Waals surface area contributed by atoms with Crippen molar-refractivity contribution in [3.05, 3.63) is 47.5 Å². The molecule has 2 atom stereocenters. The summed E-state index contributed by atoms with van der Waals surface area (Å²) in [5.41, 5.74) is -1.46. The fourth-order valence-electron chi connectivity index (χ4n) is 5.02. The van der Waals surface area contributed by atoms with Gasteiger partial charge in [-0.2, -0.15) is 5.26 Å². The highest BCUT2D eigenvalue weighted by atomic mass is 19.3. The van der Waals surface area contributed by atoms with Gasteiger partial charge in [-0.3, -0.25) is 9.69 Å². The van der Waals surface area contributed by atoms with E-state index in [9.17, 15) is 33.7 Å². The molecule has 2 fully saturated rings. The van der Waals surface area contributed by atoms with Gasteiger partial charge < -0.3 is 25.0 Å². The standard InChI is InChI=1S/C26H35BF2N4O5/c1-24(2,33-13-11-26(28,29)18-33)14-20(16-30)22(34)32-12-7-10-25(3,17-32)38-23(35)31-21(15-27(36)37)19-8-5-4-6-9-19/h4-6,8-9,14,21,36-37H,7,10-13,15,17-18H2,1-3H3,(H,31,35)/t21-,25+/m1/s1. The van der Waals surface area contributed by atoms with E-state index in [1.54, 1.807) is 56.0 Å². The molecular formula is C26H35BF2N4O5. The summed E-state index contributed by atoms with van der Waals surface area (Å²) in [6.45, 7) is 5.19. The number of nitriles is 1. The van der Waals surface area contributed by atoms with E-state index in [4.69, 9.17) is 4.74 Å². The largest absolute Gasteiger partial charge is 0.453 e. The lowest BCUT2D eigenvalue weighted by molar-refractivity contribution is -0.133. The molecule has 3 N–H and O–H groups in total. The predicted octanol–water partition coefficient (Wildman–Crippen LogP) is 2.88. The molecule has 206 valence electrons. The molecule has 0 saturated carbocycles. The van der Waals surface area contributed by atoms with Gasteiger partial charge >= 0.3 is 13.2 Å². The molecule has 0 unspecified atom stereocenters. The molecule has 2 aliphatic rings. The highest BCUT2D eigenvalue weighted by Gasteiger charge is 2.44. The summed E-state index contributed by atoms with van der Waals surface area (Å²) in [6, 6.07) is 10.0. The number of ether oxygens (including phenoxy) is 1. The van der Waals surface area contributed by atoms with Gasteiger partial charge in [0.1, 0.15) is 17.2 Å². The van der Waals surface area contributed by atoms with Crippen LogP contribution in [0.3, 0.4) is 0 Å². The van der Waals surface area contributed by atoms with E-state index in [2.05, 4.69) is 5.32 Å². The molecule has 0 aromatic heterocycles. The van der Waals surface area contributed by atoms with Crippen LogP contribution in [-0.2, 0) is 9.53 Å². The van der Waals surface area contributed by atoms with Crippen LogP contribution in [0.1, 0.15) is 51.6 Å². The fraction of sp³-hybridized carbons (Fsp3) is 0.577. The maximum absolute atomic E-state index is 13.7. The Hall–Kier alpha value is -3.01. The lowest BCUT2D eigenvalue weighted by Gasteiger charge is -2.40. The number of halogens is 2. The first-order chi connectivity index (χ1) is 17.7. The Morgan fingerprint density at radius 3 is 2.50 bits per heavy atom. The van der Waals surface area contributed by atoms with E-state index in [-0.39, 0.29) is 31.4 Å². The second kappa shape index (κ2) is 11.8. The van der Waals surface area contributed by atoms with Crippen molar-refractivity contribution in [1.82, 2.24) is 15.1 Å². The smallest absolute Gasteiger partial charge is 0.441 e. The Balaban J connectivity index is 1.68. The number of hydrogen-bond acceptors (Lipinski definition) is 7. The first-order valence-corrected chi connectivity index (χ1v) is 12.7. The molecule has 1 aromatic rings. The van der Waals surface area contributed by atoms with E-state index in [0.29, 0.717) is 24.9 Å². The van der Waals surface area contributed by atoms with Gasteiger partial charge in [0, 0.05) is 31.4 Å². The molecule has 38 heavy (non-hydrogen) atoms. The van der Waals surface area contributed by atoms with Crippen LogP contribution in [0.15, 0.2) is 42.0 Å². The number of nitrogens with one attached hydrogen (secondary N) is 1. The van der Waals surface area contributed by atoms with E-state index in [1.165, 1.54) is 11.0 Å². The van der Waals surface area contributed by atoms with Gasteiger partial charge in [0.15, 0.2) is 0 Å². The van der Waals surface area contributed by atoms with Crippen molar-refractivity contribution in [1.29, 1.82) is 5.26 Å². The average Bonchev–Trinajstić information content (AvgIpc) is 3.22. The monoisotopic (exact) mass is 532 g/mol. The highest BCUT2D eigenvalue weighted by Crippen LogP contribution is 2.33. The van der Waals surface area contributed by atoms with E-state index < -0.39 is 48.8 Å². The number of carbonyl (C=O) groups is 2. The lowest BCUT2D eigenvalue weighted by atomic mass is 9.79. The molecule has 3 rings (SSSR count). The number of alkyl carbamates (subject to hydrolysis) is 1. The minimum Gasteiger partial charge on any atom is -0.441 e.